The molecule has 1 N–H and O–H groups in total. The maximum atomic E-state index is 9.34. The smallest absolute Gasteiger partial charge is 0.231 e. The van der Waals surface area contributed by atoms with Gasteiger partial charge in [0, 0.05) is 16.5 Å². The average Bonchev–Trinajstić information content (AvgIpc) is 2.95. The number of hydrogen-bond acceptors (Lipinski definition) is 5. The van der Waals surface area contributed by atoms with Crippen molar-refractivity contribution in [2.24, 2.45) is 0 Å². The zero-order valence-corrected chi connectivity index (χ0v) is 11.8. The number of ether oxygens (including phenoxy) is 2. The highest BCUT2D eigenvalue weighted by molar-refractivity contribution is 7.99. The molecule has 3 aromatic rings. The fourth-order valence-electron chi connectivity index (χ4n) is 2.24. The van der Waals surface area contributed by atoms with Gasteiger partial charge in [-0.25, -0.2) is 4.98 Å². The zero-order chi connectivity index (χ0) is 14.2. The molecule has 0 saturated heterocycles. The number of rotatable bonds is 2. The Morgan fingerprint density at radius 1 is 1.00 bits per heavy atom. The van der Waals surface area contributed by atoms with Crippen LogP contribution in [-0.4, -0.2) is 16.9 Å². The van der Waals surface area contributed by atoms with Gasteiger partial charge < -0.3 is 14.6 Å². The molecule has 1 aliphatic heterocycles. The summed E-state index contributed by atoms with van der Waals surface area (Å²) in [6, 6.07) is 13.0. The van der Waals surface area contributed by atoms with Gasteiger partial charge in [-0.05, 0) is 47.9 Å². The van der Waals surface area contributed by atoms with Crippen LogP contribution in [0.5, 0.6) is 17.2 Å². The van der Waals surface area contributed by atoms with E-state index in [0.717, 1.165) is 32.2 Å². The molecule has 1 aromatic heterocycles. The van der Waals surface area contributed by atoms with Crippen LogP contribution in [0.2, 0.25) is 0 Å². The van der Waals surface area contributed by atoms with Gasteiger partial charge in [0.1, 0.15) is 10.8 Å². The minimum Gasteiger partial charge on any atom is -0.508 e. The van der Waals surface area contributed by atoms with E-state index in [0.29, 0.717) is 0 Å². The van der Waals surface area contributed by atoms with Crippen molar-refractivity contribution in [2.75, 3.05) is 6.79 Å². The SMILES string of the molecule is Oc1ccc(Sc2nccc3cc4c(cc23)OCO4)cc1. The Hall–Kier alpha value is -2.40. The van der Waals surface area contributed by atoms with Gasteiger partial charge in [-0.3, -0.25) is 0 Å². The van der Waals surface area contributed by atoms with Crippen LogP contribution in [0.4, 0.5) is 0 Å². The molecule has 0 atom stereocenters. The third kappa shape index (κ3) is 2.25. The first kappa shape index (κ1) is 12.3. The van der Waals surface area contributed by atoms with Crippen LogP contribution in [0.15, 0.2) is 58.6 Å². The van der Waals surface area contributed by atoms with Crippen LogP contribution in [0, 0.1) is 0 Å². The third-order valence-corrected chi connectivity index (χ3v) is 4.30. The molecule has 5 heteroatoms. The summed E-state index contributed by atoms with van der Waals surface area (Å²) in [5.41, 5.74) is 0. The van der Waals surface area contributed by atoms with Gasteiger partial charge >= 0.3 is 0 Å². The monoisotopic (exact) mass is 297 g/mol. The minimum absolute atomic E-state index is 0.258. The maximum Gasteiger partial charge on any atom is 0.231 e. The predicted octanol–water partition coefficient (Wildman–Crippen LogP) is 3.82. The molecule has 104 valence electrons. The summed E-state index contributed by atoms with van der Waals surface area (Å²) in [5, 5.41) is 12.3. The van der Waals surface area contributed by atoms with Crippen molar-refractivity contribution >= 4 is 22.5 Å². The van der Waals surface area contributed by atoms with Crippen molar-refractivity contribution < 1.29 is 14.6 Å². The van der Waals surface area contributed by atoms with E-state index in [1.807, 2.05) is 30.3 Å². The number of phenols is 1. The normalized spacial score (nSPS) is 12.8. The van der Waals surface area contributed by atoms with Gasteiger partial charge in [0.2, 0.25) is 6.79 Å². The molecule has 0 saturated carbocycles. The molecule has 0 amide bonds. The second-order valence-electron chi connectivity index (χ2n) is 4.64. The van der Waals surface area contributed by atoms with Crippen LogP contribution in [0.25, 0.3) is 10.8 Å². The Morgan fingerprint density at radius 2 is 1.76 bits per heavy atom. The number of fused-ring (bicyclic) bond motifs is 2. The number of aromatic nitrogens is 1. The number of benzene rings is 2. The molecule has 0 aliphatic carbocycles. The number of nitrogens with zero attached hydrogens (tertiary/aromatic N) is 1. The molecule has 0 fully saturated rings. The predicted molar refractivity (Wildman–Crippen MR) is 80.1 cm³/mol. The van der Waals surface area contributed by atoms with Crippen molar-refractivity contribution in [3.05, 3.63) is 48.7 Å². The lowest BCUT2D eigenvalue weighted by Crippen LogP contribution is -1.92. The fraction of sp³-hybridized carbons (Fsp3) is 0.0625. The third-order valence-electron chi connectivity index (χ3n) is 3.27. The van der Waals surface area contributed by atoms with Gasteiger partial charge in [0.05, 0.1) is 0 Å². The summed E-state index contributed by atoms with van der Waals surface area (Å²) in [6.45, 7) is 0.263. The molecular formula is C16H11NO3S. The van der Waals surface area contributed by atoms with Gasteiger partial charge in [-0.15, -0.1) is 0 Å². The number of pyridine rings is 1. The second-order valence-corrected chi connectivity index (χ2v) is 5.70. The molecule has 2 aromatic carbocycles. The van der Waals surface area contributed by atoms with Crippen molar-refractivity contribution in [1.82, 2.24) is 4.98 Å². The van der Waals surface area contributed by atoms with Crippen molar-refractivity contribution in [3.63, 3.8) is 0 Å². The second kappa shape index (κ2) is 4.86. The first-order valence-electron chi connectivity index (χ1n) is 6.45. The van der Waals surface area contributed by atoms with Crippen LogP contribution in [-0.2, 0) is 0 Å². The van der Waals surface area contributed by atoms with E-state index >= 15 is 0 Å². The lowest BCUT2D eigenvalue weighted by Gasteiger charge is -2.06. The Morgan fingerprint density at radius 3 is 2.57 bits per heavy atom. The van der Waals surface area contributed by atoms with E-state index in [1.54, 1.807) is 30.1 Å². The highest BCUT2D eigenvalue weighted by Crippen LogP contribution is 2.40. The molecule has 2 heterocycles. The highest BCUT2D eigenvalue weighted by atomic mass is 32.2. The Kier molecular flexibility index (Phi) is 2.86. The summed E-state index contributed by atoms with van der Waals surface area (Å²) in [6.07, 6.45) is 1.79. The van der Waals surface area contributed by atoms with E-state index in [2.05, 4.69) is 4.98 Å². The molecule has 0 bridgehead atoms. The molecule has 0 spiro atoms. The van der Waals surface area contributed by atoms with Crippen molar-refractivity contribution in [3.8, 4) is 17.2 Å². The largest absolute Gasteiger partial charge is 0.508 e. The Balaban J connectivity index is 1.79. The zero-order valence-electron chi connectivity index (χ0n) is 10.9. The molecule has 0 unspecified atom stereocenters. The van der Waals surface area contributed by atoms with Gasteiger partial charge in [0.15, 0.2) is 11.5 Å². The fourth-order valence-corrected chi connectivity index (χ4v) is 3.14. The lowest BCUT2D eigenvalue weighted by atomic mass is 10.1. The first-order chi connectivity index (χ1) is 10.3. The summed E-state index contributed by atoms with van der Waals surface area (Å²) >= 11 is 1.55. The van der Waals surface area contributed by atoms with Crippen LogP contribution < -0.4 is 9.47 Å². The summed E-state index contributed by atoms with van der Waals surface area (Å²) < 4.78 is 10.8. The van der Waals surface area contributed by atoms with Crippen LogP contribution in [0.1, 0.15) is 0 Å². The van der Waals surface area contributed by atoms with Crippen molar-refractivity contribution in [1.29, 1.82) is 0 Å². The molecule has 1 aliphatic rings. The highest BCUT2D eigenvalue weighted by Gasteiger charge is 2.16. The maximum absolute atomic E-state index is 9.34. The topological polar surface area (TPSA) is 51.6 Å². The number of aromatic hydroxyl groups is 1. The van der Waals surface area contributed by atoms with Crippen LogP contribution in [0.3, 0.4) is 0 Å². The van der Waals surface area contributed by atoms with Gasteiger partial charge in [-0.1, -0.05) is 11.8 Å². The van der Waals surface area contributed by atoms with E-state index in [9.17, 15) is 5.11 Å². The molecule has 4 rings (SSSR count). The number of hydrogen-bond donors (Lipinski definition) is 1. The van der Waals surface area contributed by atoms with E-state index in [-0.39, 0.29) is 12.5 Å². The Labute approximate surface area is 125 Å². The first-order valence-corrected chi connectivity index (χ1v) is 7.26. The van der Waals surface area contributed by atoms with Gasteiger partial charge in [-0.2, -0.15) is 0 Å². The molecule has 0 radical (unpaired) electrons. The standard InChI is InChI=1S/C16H11NO3S/c18-11-1-3-12(4-2-11)21-16-13-8-15-14(19-9-20-15)7-10(13)5-6-17-16/h1-8,18H,9H2. The quantitative estimate of drug-likeness (QED) is 0.779. The Bertz CT molecular complexity index is 818. The average molecular weight is 297 g/mol. The summed E-state index contributed by atoms with van der Waals surface area (Å²) in [4.78, 5) is 5.47. The molecule has 21 heavy (non-hydrogen) atoms. The minimum atomic E-state index is 0.258. The summed E-state index contributed by atoms with van der Waals surface area (Å²) in [5.74, 6) is 1.78. The van der Waals surface area contributed by atoms with Gasteiger partial charge in [0.25, 0.3) is 0 Å². The van der Waals surface area contributed by atoms with E-state index in [1.165, 1.54) is 0 Å². The molecule has 4 nitrogen and oxygen atoms in total. The van der Waals surface area contributed by atoms with Crippen molar-refractivity contribution in [2.45, 2.75) is 9.92 Å². The lowest BCUT2D eigenvalue weighted by molar-refractivity contribution is 0.174. The van der Waals surface area contributed by atoms with E-state index in [4.69, 9.17) is 9.47 Å². The molecular weight excluding hydrogens is 286 g/mol. The van der Waals surface area contributed by atoms with Crippen LogP contribution >= 0.6 is 11.8 Å². The number of phenolic OH excluding ortho intramolecular Hbond substituents is 1. The summed E-state index contributed by atoms with van der Waals surface area (Å²) in [7, 11) is 0. The van der Waals surface area contributed by atoms with E-state index < -0.39 is 0 Å².